The third kappa shape index (κ3) is 1.99. The first-order chi connectivity index (χ1) is 6.77. The summed E-state index contributed by atoms with van der Waals surface area (Å²) < 4.78 is 5.27. The Bertz CT molecular complexity index is 324. The van der Waals surface area contributed by atoms with Crippen molar-refractivity contribution in [3.05, 3.63) is 22.8 Å². The average molecular weight is 213 g/mol. The predicted octanol–water partition coefficient (Wildman–Crippen LogP) is 1.88. The van der Waals surface area contributed by atoms with Crippen LogP contribution >= 0.6 is 11.6 Å². The molecule has 1 fully saturated rings. The van der Waals surface area contributed by atoms with Crippen LogP contribution in [0.1, 0.15) is 5.56 Å². The van der Waals surface area contributed by atoms with Crippen LogP contribution in [0.5, 0.6) is 0 Å². The van der Waals surface area contributed by atoms with E-state index in [0.29, 0.717) is 0 Å². The van der Waals surface area contributed by atoms with Gasteiger partial charge in [0.15, 0.2) is 0 Å². The molecule has 4 heteroatoms. The lowest BCUT2D eigenvalue weighted by Crippen LogP contribution is -2.36. The summed E-state index contributed by atoms with van der Waals surface area (Å²) in [6.45, 7) is 5.29. The molecule has 0 bridgehead atoms. The lowest BCUT2D eigenvalue weighted by Gasteiger charge is -2.27. The molecule has 0 amide bonds. The van der Waals surface area contributed by atoms with Gasteiger partial charge in [-0.3, -0.25) is 0 Å². The molecule has 1 aliphatic rings. The number of halogens is 1. The fraction of sp³-hybridized carbons (Fsp3) is 0.500. The Morgan fingerprint density at radius 2 is 2.14 bits per heavy atom. The number of hydrogen-bond donors (Lipinski definition) is 0. The summed E-state index contributed by atoms with van der Waals surface area (Å²) in [7, 11) is 0. The Hall–Kier alpha value is -0.800. The Labute approximate surface area is 88.6 Å². The topological polar surface area (TPSA) is 25.4 Å². The van der Waals surface area contributed by atoms with Gasteiger partial charge in [-0.05, 0) is 18.6 Å². The third-order valence-electron chi connectivity index (χ3n) is 2.36. The first kappa shape index (κ1) is 9.74. The zero-order valence-corrected chi connectivity index (χ0v) is 8.92. The van der Waals surface area contributed by atoms with E-state index in [-0.39, 0.29) is 0 Å². The monoisotopic (exact) mass is 212 g/mol. The van der Waals surface area contributed by atoms with Crippen molar-refractivity contribution in [3.8, 4) is 0 Å². The van der Waals surface area contributed by atoms with E-state index in [2.05, 4.69) is 9.88 Å². The van der Waals surface area contributed by atoms with Crippen LogP contribution in [0.3, 0.4) is 0 Å². The minimum atomic E-state index is 0.771. The van der Waals surface area contributed by atoms with Crippen molar-refractivity contribution >= 4 is 17.4 Å². The normalized spacial score (nSPS) is 17.1. The highest BCUT2D eigenvalue weighted by Crippen LogP contribution is 2.20. The second-order valence-corrected chi connectivity index (χ2v) is 3.80. The van der Waals surface area contributed by atoms with Crippen molar-refractivity contribution in [1.29, 1.82) is 0 Å². The van der Waals surface area contributed by atoms with Crippen LogP contribution in [0.2, 0.25) is 5.02 Å². The summed E-state index contributed by atoms with van der Waals surface area (Å²) in [5.74, 6) is 0.948. The molecule has 1 aliphatic heterocycles. The van der Waals surface area contributed by atoms with Crippen LogP contribution in [-0.4, -0.2) is 31.3 Å². The Morgan fingerprint density at radius 3 is 2.79 bits per heavy atom. The maximum atomic E-state index is 6.04. The lowest BCUT2D eigenvalue weighted by molar-refractivity contribution is 0.122. The molecule has 14 heavy (non-hydrogen) atoms. The summed E-state index contributed by atoms with van der Waals surface area (Å²) >= 11 is 6.04. The summed E-state index contributed by atoms with van der Waals surface area (Å²) in [6, 6.07) is 1.92. The van der Waals surface area contributed by atoms with Gasteiger partial charge in [0.05, 0.1) is 13.2 Å². The maximum absolute atomic E-state index is 6.04. The van der Waals surface area contributed by atoms with Gasteiger partial charge < -0.3 is 9.64 Å². The van der Waals surface area contributed by atoms with Crippen molar-refractivity contribution in [3.63, 3.8) is 0 Å². The molecule has 0 radical (unpaired) electrons. The Kier molecular flexibility index (Phi) is 2.89. The summed E-state index contributed by atoms with van der Waals surface area (Å²) in [5, 5.41) is 0.779. The second kappa shape index (κ2) is 4.15. The van der Waals surface area contributed by atoms with E-state index < -0.39 is 0 Å². The molecule has 1 aromatic rings. The SMILES string of the molecule is Cc1cnc(N2CCOCC2)cc1Cl. The van der Waals surface area contributed by atoms with Crippen molar-refractivity contribution in [2.75, 3.05) is 31.2 Å². The van der Waals surface area contributed by atoms with E-state index in [1.165, 1.54) is 0 Å². The number of pyridine rings is 1. The van der Waals surface area contributed by atoms with Crippen LogP contribution in [0.4, 0.5) is 5.82 Å². The lowest BCUT2D eigenvalue weighted by atomic mass is 10.3. The minimum Gasteiger partial charge on any atom is -0.378 e. The molecule has 0 atom stereocenters. The van der Waals surface area contributed by atoms with Crippen LogP contribution in [-0.2, 0) is 4.74 Å². The van der Waals surface area contributed by atoms with Crippen molar-refractivity contribution < 1.29 is 4.74 Å². The smallest absolute Gasteiger partial charge is 0.130 e. The third-order valence-corrected chi connectivity index (χ3v) is 2.77. The Balaban J connectivity index is 2.18. The molecular weight excluding hydrogens is 200 g/mol. The number of nitrogens with zero attached hydrogens (tertiary/aromatic N) is 2. The molecule has 0 spiro atoms. The molecule has 1 aromatic heterocycles. The van der Waals surface area contributed by atoms with E-state index in [9.17, 15) is 0 Å². The van der Waals surface area contributed by atoms with E-state index in [1.807, 2.05) is 19.2 Å². The maximum Gasteiger partial charge on any atom is 0.130 e. The molecular formula is C10H13ClN2O. The highest BCUT2D eigenvalue weighted by atomic mass is 35.5. The van der Waals surface area contributed by atoms with Crippen LogP contribution in [0.15, 0.2) is 12.3 Å². The van der Waals surface area contributed by atoms with E-state index in [4.69, 9.17) is 16.3 Å². The molecule has 76 valence electrons. The van der Waals surface area contributed by atoms with Crippen LogP contribution < -0.4 is 4.90 Å². The van der Waals surface area contributed by atoms with Gasteiger partial charge in [0.1, 0.15) is 5.82 Å². The number of aromatic nitrogens is 1. The van der Waals surface area contributed by atoms with Gasteiger partial charge >= 0.3 is 0 Å². The molecule has 0 aliphatic carbocycles. The number of ether oxygens (including phenoxy) is 1. The molecule has 0 saturated carbocycles. The highest BCUT2D eigenvalue weighted by Gasteiger charge is 2.12. The van der Waals surface area contributed by atoms with Gasteiger partial charge in [0.25, 0.3) is 0 Å². The quantitative estimate of drug-likeness (QED) is 0.711. The molecule has 2 heterocycles. The van der Waals surface area contributed by atoms with E-state index >= 15 is 0 Å². The first-order valence-electron chi connectivity index (χ1n) is 4.72. The van der Waals surface area contributed by atoms with Crippen LogP contribution in [0.25, 0.3) is 0 Å². The first-order valence-corrected chi connectivity index (χ1v) is 5.10. The molecule has 0 N–H and O–H groups in total. The van der Waals surface area contributed by atoms with Crippen molar-refractivity contribution in [2.24, 2.45) is 0 Å². The fourth-order valence-electron chi connectivity index (χ4n) is 1.45. The largest absolute Gasteiger partial charge is 0.378 e. The van der Waals surface area contributed by atoms with E-state index in [0.717, 1.165) is 42.7 Å². The number of aryl methyl sites for hydroxylation is 1. The van der Waals surface area contributed by atoms with Gasteiger partial charge in [0.2, 0.25) is 0 Å². The predicted molar refractivity (Wildman–Crippen MR) is 57.0 cm³/mol. The van der Waals surface area contributed by atoms with Gasteiger partial charge in [0, 0.05) is 24.3 Å². The highest BCUT2D eigenvalue weighted by molar-refractivity contribution is 6.31. The van der Waals surface area contributed by atoms with Gasteiger partial charge in [-0.25, -0.2) is 4.98 Å². The van der Waals surface area contributed by atoms with Gasteiger partial charge in [-0.2, -0.15) is 0 Å². The van der Waals surface area contributed by atoms with Gasteiger partial charge in [-0.15, -0.1) is 0 Å². The number of rotatable bonds is 1. The number of morpholine rings is 1. The summed E-state index contributed by atoms with van der Waals surface area (Å²) in [6.07, 6.45) is 1.81. The summed E-state index contributed by atoms with van der Waals surface area (Å²) in [4.78, 5) is 6.54. The zero-order valence-electron chi connectivity index (χ0n) is 8.16. The molecule has 0 aromatic carbocycles. The van der Waals surface area contributed by atoms with Crippen LogP contribution in [0, 0.1) is 6.92 Å². The van der Waals surface area contributed by atoms with Crippen molar-refractivity contribution in [1.82, 2.24) is 4.98 Å². The number of anilines is 1. The summed E-state index contributed by atoms with van der Waals surface area (Å²) in [5.41, 5.74) is 1.02. The number of hydrogen-bond acceptors (Lipinski definition) is 3. The molecule has 1 saturated heterocycles. The standard InChI is InChI=1S/C10H13ClN2O/c1-8-7-12-10(6-9(8)11)13-2-4-14-5-3-13/h6-7H,2-5H2,1H3. The van der Waals surface area contributed by atoms with Gasteiger partial charge in [-0.1, -0.05) is 11.6 Å². The van der Waals surface area contributed by atoms with E-state index in [1.54, 1.807) is 0 Å². The Morgan fingerprint density at radius 1 is 1.43 bits per heavy atom. The zero-order chi connectivity index (χ0) is 9.97. The molecule has 0 unspecified atom stereocenters. The fourth-order valence-corrected chi connectivity index (χ4v) is 1.60. The average Bonchev–Trinajstić information content (AvgIpc) is 2.23. The minimum absolute atomic E-state index is 0.771. The van der Waals surface area contributed by atoms with Crippen molar-refractivity contribution in [2.45, 2.75) is 6.92 Å². The molecule has 2 rings (SSSR count). The second-order valence-electron chi connectivity index (χ2n) is 3.39. The molecule has 3 nitrogen and oxygen atoms in total.